The van der Waals surface area contributed by atoms with Gasteiger partial charge in [-0.2, -0.15) is 15.8 Å². The molecule has 4 fully saturated rings. The largest absolute Gasteiger partial charge is 0.508 e. The zero-order valence-electron chi connectivity index (χ0n) is 37.9. The number of aromatic hydroxyl groups is 1. The number of thiophene rings is 1. The summed E-state index contributed by atoms with van der Waals surface area (Å²) in [5.74, 6) is 3.78. The quantitative estimate of drug-likeness (QED) is 0.108. The normalized spacial score (nSPS) is 23.4. The molecule has 332 valence electrons. The van der Waals surface area contributed by atoms with Crippen molar-refractivity contribution in [1.29, 1.82) is 15.8 Å². The lowest BCUT2D eigenvalue weighted by Gasteiger charge is -2.66. The summed E-state index contributed by atoms with van der Waals surface area (Å²) in [6.07, 6.45) is 17.3. The van der Waals surface area contributed by atoms with Crippen molar-refractivity contribution in [2.75, 3.05) is 12.0 Å². The Balaban J connectivity index is 1.01. The minimum atomic E-state index is -0.150. The summed E-state index contributed by atoms with van der Waals surface area (Å²) in [5, 5.41) is 46.3. The Morgan fingerprint density at radius 2 is 1.36 bits per heavy atom. The molecule has 2 aromatic heterocycles. The van der Waals surface area contributed by atoms with Crippen LogP contribution >= 0.6 is 11.3 Å². The topological polar surface area (TPSA) is 109 Å². The molecule has 0 amide bonds. The number of hydrogen-bond acceptors (Lipinski definition) is 7. The molecule has 0 saturated heterocycles. The van der Waals surface area contributed by atoms with Crippen LogP contribution in [0.2, 0.25) is 0 Å². The summed E-state index contributed by atoms with van der Waals surface area (Å²) in [5.41, 5.74) is 9.79. The van der Waals surface area contributed by atoms with Crippen molar-refractivity contribution in [3.8, 4) is 29.0 Å². The number of methoxy groups -OCH3 is 1. The van der Waals surface area contributed by atoms with Gasteiger partial charge in [0.1, 0.15) is 40.3 Å². The molecule has 7 aromatic rings. The van der Waals surface area contributed by atoms with Crippen molar-refractivity contribution in [3.05, 3.63) is 219 Å². The highest BCUT2D eigenvalue weighted by molar-refractivity contribution is 7.15. The predicted octanol–water partition coefficient (Wildman–Crippen LogP) is 14.3. The Bertz CT molecular complexity index is 3570. The Hall–Kier alpha value is -8.35. The van der Waals surface area contributed by atoms with Gasteiger partial charge in [-0.1, -0.05) is 97.1 Å². The van der Waals surface area contributed by atoms with Crippen LogP contribution in [0.15, 0.2) is 198 Å². The summed E-state index contributed by atoms with van der Waals surface area (Å²) >= 11 is 1.69. The number of anilines is 1. The number of fused-ring (bicyclic) bond motifs is 4. The molecule has 1 aliphatic heterocycles. The fourth-order valence-electron chi connectivity index (χ4n) is 12.8. The number of aromatic nitrogens is 1. The van der Waals surface area contributed by atoms with Crippen LogP contribution in [0.1, 0.15) is 47.3 Å². The number of benzene rings is 5. The lowest BCUT2D eigenvalue weighted by molar-refractivity contribution is -0.159. The van der Waals surface area contributed by atoms with Gasteiger partial charge in [0.2, 0.25) is 0 Å². The van der Waals surface area contributed by atoms with E-state index < -0.39 is 0 Å². The van der Waals surface area contributed by atoms with Gasteiger partial charge in [-0.05, 0) is 156 Å². The molecule has 69 heavy (non-hydrogen) atoms. The van der Waals surface area contributed by atoms with Crippen LogP contribution in [-0.4, -0.2) is 16.8 Å². The van der Waals surface area contributed by atoms with Gasteiger partial charge in [0.25, 0.3) is 0 Å². The Labute approximate surface area is 405 Å². The Kier molecular flexibility index (Phi) is 10.2. The maximum absolute atomic E-state index is 11.1. The van der Waals surface area contributed by atoms with Gasteiger partial charge in [-0.3, -0.25) is 0 Å². The zero-order valence-corrected chi connectivity index (χ0v) is 38.7. The minimum absolute atomic E-state index is 0.150. The van der Waals surface area contributed by atoms with Gasteiger partial charge in [0, 0.05) is 43.9 Å². The van der Waals surface area contributed by atoms with E-state index in [1.54, 1.807) is 24.5 Å². The molecule has 1 N–H and O–H groups in total. The number of phenols is 1. The third-order valence-corrected chi connectivity index (χ3v) is 16.6. The molecular weight excluding hydrogens is 867 g/mol. The van der Waals surface area contributed by atoms with E-state index >= 15 is 0 Å². The first-order valence-corrected chi connectivity index (χ1v) is 24.3. The number of nitriles is 3. The first-order chi connectivity index (χ1) is 33.9. The van der Waals surface area contributed by atoms with Gasteiger partial charge in [0.05, 0.1) is 23.7 Å². The molecule has 7 nitrogen and oxygen atoms in total. The maximum Gasteiger partial charge on any atom is 0.138 e. The fourth-order valence-corrected chi connectivity index (χ4v) is 13.7. The standard InChI is InChI=1S/C61H45N5O2S/c1-68-60(59-41-28-43-31-44-32-54(59)61(43,44)34-41)52-33-48(67)24-21-38(52)20-22-46-29-40(53(37-64)58(42(35-62)36-63)39-12-4-2-5-13-39)30-47(65(46)45-14-6-3-7-15-45)23-25-49-26-27-57(69-49)66-55-18-10-8-16-50(55)51-17-9-11-19-56(51)66/h2-27,29-30,33,41,43-44,54,67H,28,31-32,34H2,1H3/b22-20+,25-23+,53-40-,60-59?. The fraction of sp³-hybridized carbons (Fsp3) is 0.164. The molecule has 5 aliphatic rings. The van der Waals surface area contributed by atoms with Crippen LogP contribution in [0.4, 0.5) is 5.69 Å². The SMILES string of the molecule is COC(=C1C2CC3CC4CC1C34C2)c1cc(O)ccc1/C=C/C1=CC(=C(\C#N)C(=C(C#N)C#N)c2ccccc2)/C=C(/C=C/c2ccc(-n3c4ccccc4c4ccccc43)s2)N1c1ccccc1. The number of allylic oxidation sites excluding steroid dienone is 9. The van der Waals surface area contributed by atoms with E-state index in [1.807, 2.05) is 78.9 Å². The highest BCUT2D eigenvalue weighted by Gasteiger charge is 2.75. The number of nitrogens with zero attached hydrogens (tertiary/aromatic N) is 5. The van der Waals surface area contributed by atoms with Gasteiger partial charge in [-0.15, -0.1) is 11.3 Å². The summed E-state index contributed by atoms with van der Waals surface area (Å²) < 4.78 is 8.69. The molecule has 12 rings (SSSR count). The van der Waals surface area contributed by atoms with E-state index in [4.69, 9.17) is 4.74 Å². The first kappa shape index (κ1) is 42.0. The van der Waals surface area contributed by atoms with Gasteiger partial charge in [0.15, 0.2) is 0 Å². The second-order valence-corrected chi connectivity index (χ2v) is 19.8. The average Bonchev–Trinajstić information content (AvgIpc) is 4.15. The second kappa shape index (κ2) is 16.8. The molecule has 0 radical (unpaired) electrons. The average molecular weight is 912 g/mol. The third-order valence-electron chi connectivity index (χ3n) is 15.6. The van der Waals surface area contributed by atoms with Crippen molar-refractivity contribution < 1.29 is 9.84 Å². The maximum atomic E-state index is 11.1. The van der Waals surface area contributed by atoms with Crippen LogP contribution in [0.25, 0.3) is 50.3 Å². The minimum Gasteiger partial charge on any atom is -0.508 e. The van der Waals surface area contributed by atoms with E-state index in [-0.39, 0.29) is 22.5 Å². The zero-order chi connectivity index (χ0) is 46.8. The van der Waals surface area contributed by atoms with Crippen LogP contribution < -0.4 is 4.90 Å². The summed E-state index contributed by atoms with van der Waals surface area (Å²) in [7, 11) is 1.76. The second-order valence-electron chi connectivity index (χ2n) is 18.7. The van der Waals surface area contributed by atoms with E-state index in [9.17, 15) is 20.9 Å². The van der Waals surface area contributed by atoms with Crippen LogP contribution in [0, 0.1) is 63.1 Å². The lowest BCUT2D eigenvalue weighted by atomic mass is 9.38. The Morgan fingerprint density at radius 3 is 2.01 bits per heavy atom. The van der Waals surface area contributed by atoms with Crippen LogP contribution in [-0.2, 0) is 4.74 Å². The number of ether oxygens (including phenoxy) is 1. The number of hydrogen-bond donors (Lipinski definition) is 1. The molecule has 5 atom stereocenters. The van der Waals surface area contributed by atoms with Crippen molar-refractivity contribution in [3.63, 3.8) is 0 Å². The monoisotopic (exact) mass is 911 g/mol. The molecule has 5 unspecified atom stereocenters. The van der Waals surface area contributed by atoms with Crippen molar-refractivity contribution >= 4 is 62.3 Å². The Morgan fingerprint density at radius 1 is 0.710 bits per heavy atom. The van der Waals surface area contributed by atoms with Gasteiger partial charge >= 0.3 is 0 Å². The number of phenolic OH excluding ortho intramolecular Hbond substituents is 1. The van der Waals surface area contributed by atoms with E-state index in [0.717, 1.165) is 66.7 Å². The molecule has 1 spiro atoms. The van der Waals surface area contributed by atoms with Crippen molar-refractivity contribution in [2.24, 2.45) is 29.1 Å². The van der Waals surface area contributed by atoms with Gasteiger partial charge in [-0.25, -0.2) is 0 Å². The number of rotatable bonds is 10. The van der Waals surface area contributed by atoms with Crippen LogP contribution in [0.3, 0.4) is 0 Å². The summed E-state index contributed by atoms with van der Waals surface area (Å²) in [6, 6.07) is 52.7. The van der Waals surface area contributed by atoms with E-state index in [0.29, 0.717) is 28.4 Å². The van der Waals surface area contributed by atoms with E-state index in [2.05, 4.69) is 119 Å². The molecule has 8 heteroatoms. The van der Waals surface area contributed by atoms with Crippen molar-refractivity contribution in [2.45, 2.75) is 25.7 Å². The van der Waals surface area contributed by atoms with Crippen LogP contribution in [0.5, 0.6) is 5.75 Å². The highest BCUT2D eigenvalue weighted by atomic mass is 32.1. The smallest absolute Gasteiger partial charge is 0.138 e. The molecule has 5 aromatic carbocycles. The molecular formula is C61H45N5O2S. The van der Waals surface area contributed by atoms with Gasteiger partial charge < -0.3 is 19.3 Å². The number of para-hydroxylation sites is 3. The predicted molar refractivity (Wildman–Crippen MR) is 276 cm³/mol. The summed E-state index contributed by atoms with van der Waals surface area (Å²) in [6.45, 7) is 0. The summed E-state index contributed by atoms with van der Waals surface area (Å²) in [4.78, 5) is 3.18. The molecule has 2 bridgehead atoms. The molecule has 3 heterocycles. The third kappa shape index (κ3) is 6.65. The molecule has 4 saturated carbocycles. The highest BCUT2D eigenvalue weighted by Crippen LogP contribution is 2.83. The molecule has 4 aliphatic carbocycles. The first-order valence-electron chi connectivity index (χ1n) is 23.5. The van der Waals surface area contributed by atoms with Crippen molar-refractivity contribution in [1.82, 2.24) is 4.57 Å². The van der Waals surface area contributed by atoms with E-state index in [1.165, 1.54) is 42.0 Å². The lowest BCUT2D eigenvalue weighted by Crippen LogP contribution is -2.60.